The quantitative estimate of drug-likeness (QED) is 0.166. The van der Waals surface area contributed by atoms with Gasteiger partial charge in [-0.05, 0) is 42.0 Å². The van der Waals surface area contributed by atoms with Crippen molar-refractivity contribution >= 4 is 29.0 Å². The van der Waals surface area contributed by atoms with Crippen molar-refractivity contribution in [2.75, 3.05) is 0 Å². The number of para-hydroxylation sites is 3. The largest absolute Gasteiger partial charge is 0.453 e. The van der Waals surface area contributed by atoms with Crippen LogP contribution in [0.25, 0.3) is 11.1 Å². The second-order valence-corrected chi connectivity index (χ2v) is 8.37. The number of carbonyl (C=O) groups excluding carboxylic acids is 1. The van der Waals surface area contributed by atoms with E-state index in [2.05, 4.69) is 0 Å². The van der Waals surface area contributed by atoms with Gasteiger partial charge in [0.2, 0.25) is 5.75 Å². The predicted molar refractivity (Wildman–Crippen MR) is 151 cm³/mol. The second-order valence-electron chi connectivity index (χ2n) is 7.93. The minimum atomic E-state index is -0.540. The highest BCUT2D eigenvalue weighted by molar-refractivity contribution is 14.1. The number of hydrogen-bond acceptors (Lipinski definition) is 5. The van der Waals surface area contributed by atoms with E-state index in [1.165, 1.54) is 0 Å². The lowest BCUT2D eigenvalue weighted by Gasteiger charge is -2.22. The van der Waals surface area contributed by atoms with Gasteiger partial charge >= 0.3 is 5.97 Å². The topological polar surface area (TPSA) is 54.0 Å². The van der Waals surface area contributed by atoms with E-state index in [4.69, 9.17) is 17.3 Å². The van der Waals surface area contributed by atoms with E-state index in [1.807, 2.05) is 121 Å². The highest BCUT2D eigenvalue weighted by Crippen LogP contribution is 2.51. The Morgan fingerprint density at radius 2 is 0.973 bits per heavy atom. The van der Waals surface area contributed by atoms with Crippen LogP contribution in [0, 0.1) is 0 Å². The maximum absolute atomic E-state index is 13.1. The van der Waals surface area contributed by atoms with Crippen molar-refractivity contribution in [3.8, 4) is 45.6 Å². The van der Waals surface area contributed by atoms with Gasteiger partial charge in [0.15, 0.2) is 34.5 Å². The van der Waals surface area contributed by atoms with Crippen molar-refractivity contribution < 1.29 is 22.1 Å². The molecule has 5 aromatic carbocycles. The number of rotatable bonds is 8. The van der Waals surface area contributed by atoms with Crippen LogP contribution >= 0.6 is 23.0 Å². The molecule has 0 saturated carbocycles. The van der Waals surface area contributed by atoms with Crippen molar-refractivity contribution in [2.45, 2.75) is 0 Å². The minimum Gasteiger partial charge on any atom is -0.453 e. The van der Waals surface area contributed by atoms with E-state index in [9.17, 15) is 4.79 Å². The Hall–Kier alpha value is -4.30. The summed E-state index contributed by atoms with van der Waals surface area (Å²) in [4.78, 5) is 13.1. The maximum Gasteiger partial charge on any atom is 0.348 e. The fourth-order valence-corrected chi connectivity index (χ4v) is 4.05. The van der Waals surface area contributed by atoms with Gasteiger partial charge < -0.3 is 17.3 Å². The monoisotopic (exact) mass is 600 g/mol. The molecule has 0 spiro atoms. The first-order valence-corrected chi connectivity index (χ1v) is 12.4. The lowest BCUT2D eigenvalue weighted by atomic mass is 9.97. The molecule has 0 heterocycles. The van der Waals surface area contributed by atoms with Crippen LogP contribution in [0.2, 0.25) is 0 Å². The molecular formula is C31H21IO5. The molecule has 0 saturated heterocycles. The predicted octanol–water partition coefficient (Wildman–Crippen LogP) is 9.24. The Morgan fingerprint density at radius 1 is 0.541 bits per heavy atom. The molecule has 37 heavy (non-hydrogen) atoms. The number of hydrogen-bond donors (Lipinski definition) is 0. The number of ether oxygens (including phenoxy) is 3. The smallest absolute Gasteiger partial charge is 0.348 e. The van der Waals surface area contributed by atoms with Gasteiger partial charge in [-0.2, -0.15) is 0 Å². The molecule has 0 aliphatic heterocycles. The number of carbonyl (C=O) groups is 1. The third-order valence-electron chi connectivity index (χ3n) is 5.45. The first-order chi connectivity index (χ1) is 18.2. The molecule has 0 fully saturated rings. The highest BCUT2D eigenvalue weighted by atomic mass is 127. The molecule has 0 amide bonds. The molecule has 0 aromatic heterocycles. The van der Waals surface area contributed by atoms with Gasteiger partial charge in [-0.15, -0.1) is 0 Å². The summed E-state index contributed by atoms with van der Waals surface area (Å²) in [5, 5.41) is 0. The Kier molecular flexibility index (Phi) is 7.66. The molecular weight excluding hydrogens is 579 g/mol. The average Bonchev–Trinajstić information content (AvgIpc) is 2.96. The molecule has 0 aliphatic rings. The standard InChI is InChI=1S/C31H21IO5/c32-37-31(33)26-21-27(34-23-15-7-2-8-16-23)29(35-24-17-9-3-10-18-24)30(36-25-19-11-4-12-20-25)28(26)22-13-5-1-6-14-22/h1-21H. The Balaban J connectivity index is 1.81. The van der Waals surface area contributed by atoms with E-state index in [0.717, 1.165) is 5.56 Å². The fourth-order valence-electron chi connectivity index (χ4n) is 3.81. The summed E-state index contributed by atoms with van der Waals surface area (Å²) in [6.07, 6.45) is 0. The van der Waals surface area contributed by atoms with Crippen LogP contribution in [0.15, 0.2) is 127 Å². The summed E-state index contributed by atoms with van der Waals surface area (Å²) in [5.41, 5.74) is 1.56. The van der Waals surface area contributed by atoms with Crippen LogP contribution < -0.4 is 14.2 Å². The lowest BCUT2D eigenvalue weighted by Crippen LogP contribution is -2.06. The van der Waals surface area contributed by atoms with Crippen LogP contribution in [0.5, 0.6) is 34.5 Å². The SMILES string of the molecule is O=C(OI)c1cc(Oc2ccccc2)c(Oc2ccccc2)c(Oc2ccccc2)c1-c1ccccc1. The van der Waals surface area contributed by atoms with Gasteiger partial charge in [0.25, 0.3) is 0 Å². The molecule has 0 radical (unpaired) electrons. The van der Waals surface area contributed by atoms with E-state index < -0.39 is 5.97 Å². The number of benzene rings is 5. The van der Waals surface area contributed by atoms with Crippen molar-refractivity contribution in [1.29, 1.82) is 0 Å². The minimum absolute atomic E-state index is 0.276. The normalized spacial score (nSPS) is 10.4. The van der Waals surface area contributed by atoms with Gasteiger partial charge in [-0.3, -0.25) is 0 Å². The first-order valence-electron chi connectivity index (χ1n) is 11.5. The number of halogens is 1. The Bertz CT molecular complexity index is 1470. The average molecular weight is 600 g/mol. The van der Waals surface area contributed by atoms with Crippen LogP contribution in [0.1, 0.15) is 10.4 Å². The van der Waals surface area contributed by atoms with E-state index in [-0.39, 0.29) is 5.56 Å². The molecule has 5 aromatic rings. The molecule has 182 valence electrons. The van der Waals surface area contributed by atoms with Crippen LogP contribution in [-0.4, -0.2) is 5.97 Å². The van der Waals surface area contributed by atoms with Gasteiger partial charge in [0.1, 0.15) is 17.2 Å². The van der Waals surface area contributed by atoms with Crippen LogP contribution in [0.3, 0.4) is 0 Å². The van der Waals surface area contributed by atoms with Crippen molar-refractivity contribution in [3.05, 3.63) is 133 Å². The summed E-state index contributed by atoms with van der Waals surface area (Å²) in [7, 11) is 0. The first kappa shape index (κ1) is 24.4. The summed E-state index contributed by atoms with van der Waals surface area (Å²) < 4.78 is 24.3. The molecule has 6 heteroatoms. The van der Waals surface area contributed by atoms with Crippen LogP contribution in [0.4, 0.5) is 0 Å². The fraction of sp³-hybridized carbons (Fsp3) is 0. The van der Waals surface area contributed by atoms with Crippen molar-refractivity contribution in [1.82, 2.24) is 0 Å². The molecule has 5 rings (SSSR count). The summed E-state index contributed by atoms with van der Waals surface area (Å²) in [6, 6.07) is 39.1. The highest BCUT2D eigenvalue weighted by Gasteiger charge is 2.28. The van der Waals surface area contributed by atoms with Crippen molar-refractivity contribution in [2.24, 2.45) is 0 Å². The van der Waals surface area contributed by atoms with Crippen LogP contribution in [-0.2, 0) is 3.07 Å². The van der Waals surface area contributed by atoms with Gasteiger partial charge in [0.05, 0.1) is 5.56 Å². The zero-order valence-electron chi connectivity index (χ0n) is 19.5. The lowest BCUT2D eigenvalue weighted by molar-refractivity contribution is 0.0800. The third kappa shape index (κ3) is 5.76. The zero-order chi connectivity index (χ0) is 25.5. The summed E-state index contributed by atoms with van der Waals surface area (Å²) in [6.45, 7) is 0. The molecule has 0 N–H and O–H groups in total. The molecule has 0 aliphatic carbocycles. The Morgan fingerprint density at radius 3 is 1.46 bits per heavy atom. The van der Waals surface area contributed by atoms with Gasteiger partial charge in [-0.1, -0.05) is 84.9 Å². The maximum atomic E-state index is 13.1. The summed E-state index contributed by atoms with van der Waals surface area (Å²) in [5.74, 6) is 2.14. The molecule has 0 unspecified atom stereocenters. The van der Waals surface area contributed by atoms with E-state index >= 15 is 0 Å². The van der Waals surface area contributed by atoms with Gasteiger partial charge in [-0.25, -0.2) is 4.79 Å². The van der Waals surface area contributed by atoms with Gasteiger partial charge in [0, 0.05) is 11.6 Å². The zero-order valence-corrected chi connectivity index (χ0v) is 21.7. The third-order valence-corrected chi connectivity index (χ3v) is 5.85. The van der Waals surface area contributed by atoms with E-state index in [0.29, 0.717) is 40.1 Å². The van der Waals surface area contributed by atoms with E-state index in [1.54, 1.807) is 29.1 Å². The molecule has 0 bridgehead atoms. The molecule has 0 atom stereocenters. The summed E-state index contributed by atoms with van der Waals surface area (Å²) >= 11 is 1.59. The Labute approximate surface area is 228 Å². The molecule has 5 nitrogen and oxygen atoms in total. The van der Waals surface area contributed by atoms with Crippen molar-refractivity contribution in [3.63, 3.8) is 0 Å². The second kappa shape index (κ2) is 11.6.